The van der Waals surface area contributed by atoms with Crippen LogP contribution in [0, 0.1) is 0 Å². The number of carboxylic acids is 1. The molecule has 0 aliphatic carbocycles. The molecule has 0 saturated carbocycles. The third kappa shape index (κ3) is 6.57. The van der Waals surface area contributed by atoms with Gasteiger partial charge in [-0.2, -0.15) is 13.2 Å². The van der Waals surface area contributed by atoms with Gasteiger partial charge < -0.3 is 15.2 Å². The number of hydrogen-bond donors (Lipinski definition) is 2. The number of amides is 1. The number of halogens is 3. The number of ether oxygens (including phenoxy) is 1. The molecule has 0 aliphatic rings. The van der Waals surface area contributed by atoms with E-state index in [2.05, 4.69) is 5.32 Å². The Labute approximate surface area is 137 Å². The first-order chi connectivity index (χ1) is 10.9. The van der Waals surface area contributed by atoms with E-state index in [1.165, 1.54) is 0 Å². The van der Waals surface area contributed by atoms with Crippen molar-refractivity contribution in [1.82, 2.24) is 5.32 Å². The molecular weight excluding hydrogens is 327 g/mol. The average Bonchev–Trinajstić information content (AvgIpc) is 2.43. The number of hydrogen-bond acceptors (Lipinski definition) is 3. The third-order valence-electron chi connectivity index (χ3n) is 3.02. The number of carbonyl (C=O) groups excluding carboxylic acids is 1. The lowest BCUT2D eigenvalue weighted by atomic mass is 10.1. The smallest absolute Gasteiger partial charge is 0.416 e. The van der Waals surface area contributed by atoms with E-state index in [-0.39, 0.29) is 18.6 Å². The zero-order chi connectivity index (χ0) is 18.5. The lowest BCUT2D eigenvalue weighted by Crippen LogP contribution is -2.42. The maximum absolute atomic E-state index is 12.5. The zero-order valence-corrected chi connectivity index (χ0v) is 13.6. The fourth-order valence-electron chi connectivity index (χ4n) is 1.79. The van der Waals surface area contributed by atoms with E-state index in [0.29, 0.717) is 0 Å². The highest BCUT2D eigenvalue weighted by Gasteiger charge is 2.30. The molecule has 1 aromatic carbocycles. The van der Waals surface area contributed by atoms with E-state index in [9.17, 15) is 22.8 Å². The van der Waals surface area contributed by atoms with Gasteiger partial charge in [-0.15, -0.1) is 0 Å². The molecule has 2 N–H and O–H groups in total. The molecule has 0 saturated heterocycles. The van der Waals surface area contributed by atoms with Gasteiger partial charge in [0.2, 0.25) is 0 Å². The summed E-state index contributed by atoms with van der Waals surface area (Å²) in [6.07, 6.45) is -4.46. The second-order valence-electron chi connectivity index (χ2n) is 6.19. The van der Waals surface area contributed by atoms with Crippen LogP contribution in [0.2, 0.25) is 0 Å². The molecule has 1 atom stereocenters. The predicted octanol–water partition coefficient (Wildman–Crippen LogP) is 3.09. The number of alkyl halides is 3. The summed E-state index contributed by atoms with van der Waals surface area (Å²) < 4.78 is 42.9. The fourth-order valence-corrected chi connectivity index (χ4v) is 1.79. The highest BCUT2D eigenvalue weighted by molar-refractivity contribution is 5.96. The molecule has 0 bridgehead atoms. The van der Waals surface area contributed by atoms with E-state index < -0.39 is 35.3 Å². The van der Waals surface area contributed by atoms with E-state index in [1.807, 2.05) is 20.8 Å². The average molecular weight is 347 g/mol. The van der Waals surface area contributed by atoms with Crippen molar-refractivity contribution in [2.24, 2.45) is 0 Å². The monoisotopic (exact) mass is 347 g/mol. The van der Waals surface area contributed by atoms with E-state index in [0.717, 1.165) is 24.3 Å². The number of rotatable bonds is 6. The van der Waals surface area contributed by atoms with Crippen molar-refractivity contribution >= 4 is 11.9 Å². The van der Waals surface area contributed by atoms with Crippen LogP contribution < -0.4 is 5.32 Å². The Morgan fingerprint density at radius 3 is 2.12 bits per heavy atom. The topological polar surface area (TPSA) is 75.6 Å². The second kappa shape index (κ2) is 7.65. The normalized spacial score (nSPS) is 13.4. The van der Waals surface area contributed by atoms with Crippen LogP contribution in [0.4, 0.5) is 13.2 Å². The molecule has 1 unspecified atom stereocenters. The molecule has 5 nitrogen and oxygen atoms in total. The minimum absolute atomic E-state index is 0.0407. The summed E-state index contributed by atoms with van der Waals surface area (Å²) >= 11 is 0. The van der Waals surface area contributed by atoms with Crippen LogP contribution in [0.25, 0.3) is 0 Å². The van der Waals surface area contributed by atoms with Crippen molar-refractivity contribution < 1.29 is 32.6 Å². The van der Waals surface area contributed by atoms with Gasteiger partial charge in [0.05, 0.1) is 11.2 Å². The summed E-state index contributed by atoms with van der Waals surface area (Å²) in [6.45, 7) is 5.55. The summed E-state index contributed by atoms with van der Waals surface area (Å²) in [6, 6.07) is 2.36. The van der Waals surface area contributed by atoms with Gasteiger partial charge in [-0.3, -0.25) is 4.79 Å². The molecule has 0 aromatic heterocycles. The number of carboxylic acid groups (broad SMARTS) is 1. The lowest BCUT2D eigenvalue weighted by molar-refractivity contribution is -0.140. The Hall–Kier alpha value is -2.09. The lowest BCUT2D eigenvalue weighted by Gasteiger charge is -2.21. The Bertz CT molecular complexity index is 576. The molecule has 0 heterocycles. The molecule has 0 spiro atoms. The summed E-state index contributed by atoms with van der Waals surface area (Å²) in [5, 5.41) is 11.4. The van der Waals surface area contributed by atoms with Crippen molar-refractivity contribution in [2.45, 2.75) is 45.0 Å². The first-order valence-corrected chi connectivity index (χ1v) is 7.25. The Kier molecular flexibility index (Phi) is 6.36. The van der Waals surface area contributed by atoms with Gasteiger partial charge in [0, 0.05) is 18.6 Å². The van der Waals surface area contributed by atoms with Gasteiger partial charge in [-0.05, 0) is 45.0 Å². The van der Waals surface area contributed by atoms with E-state index >= 15 is 0 Å². The Morgan fingerprint density at radius 1 is 1.17 bits per heavy atom. The SMILES string of the molecule is CC(C)(C)OCCC(NC(=O)c1ccc(C(F)(F)F)cc1)C(=O)O. The molecule has 8 heteroatoms. The molecule has 0 aliphatic heterocycles. The van der Waals surface area contributed by atoms with Gasteiger partial charge >= 0.3 is 12.1 Å². The number of benzene rings is 1. The minimum atomic E-state index is -4.50. The number of nitrogens with one attached hydrogen (secondary N) is 1. The van der Waals surface area contributed by atoms with Crippen LogP contribution in [0.3, 0.4) is 0 Å². The van der Waals surface area contributed by atoms with Crippen LogP contribution in [0.15, 0.2) is 24.3 Å². The maximum Gasteiger partial charge on any atom is 0.416 e. The zero-order valence-electron chi connectivity index (χ0n) is 13.6. The van der Waals surface area contributed by atoms with E-state index in [1.54, 1.807) is 0 Å². The molecule has 1 aromatic rings. The highest BCUT2D eigenvalue weighted by Crippen LogP contribution is 2.29. The Morgan fingerprint density at radius 2 is 1.71 bits per heavy atom. The van der Waals surface area contributed by atoms with Crippen LogP contribution in [0.1, 0.15) is 43.1 Å². The highest BCUT2D eigenvalue weighted by atomic mass is 19.4. The predicted molar refractivity (Wildman–Crippen MR) is 80.7 cm³/mol. The van der Waals surface area contributed by atoms with Crippen LogP contribution in [0.5, 0.6) is 0 Å². The minimum Gasteiger partial charge on any atom is -0.480 e. The second-order valence-corrected chi connectivity index (χ2v) is 6.19. The van der Waals surface area contributed by atoms with E-state index in [4.69, 9.17) is 9.84 Å². The van der Waals surface area contributed by atoms with Gasteiger partial charge in [-0.25, -0.2) is 4.79 Å². The summed E-state index contributed by atoms with van der Waals surface area (Å²) in [5.74, 6) is -2.00. The van der Waals surface area contributed by atoms with Gasteiger partial charge in [0.25, 0.3) is 5.91 Å². The molecule has 0 radical (unpaired) electrons. The van der Waals surface area contributed by atoms with Crippen molar-refractivity contribution in [3.05, 3.63) is 35.4 Å². The van der Waals surface area contributed by atoms with Gasteiger partial charge in [0.15, 0.2) is 0 Å². The maximum atomic E-state index is 12.5. The standard InChI is InChI=1S/C16H20F3NO4/c1-15(2,3)24-9-8-12(14(22)23)20-13(21)10-4-6-11(7-5-10)16(17,18)19/h4-7,12H,8-9H2,1-3H3,(H,20,21)(H,22,23). The molecule has 0 fully saturated rings. The first kappa shape index (κ1) is 20.0. The molecule has 24 heavy (non-hydrogen) atoms. The van der Waals surface area contributed by atoms with Crippen molar-refractivity contribution in [3.63, 3.8) is 0 Å². The van der Waals surface area contributed by atoms with Crippen molar-refractivity contribution in [3.8, 4) is 0 Å². The molecular formula is C16H20F3NO4. The quantitative estimate of drug-likeness (QED) is 0.829. The third-order valence-corrected chi connectivity index (χ3v) is 3.02. The van der Waals surface area contributed by atoms with Crippen LogP contribution in [-0.2, 0) is 15.7 Å². The molecule has 1 amide bonds. The summed E-state index contributed by atoms with van der Waals surface area (Å²) in [7, 11) is 0. The Balaban J connectivity index is 2.70. The largest absolute Gasteiger partial charge is 0.480 e. The number of aliphatic carboxylic acids is 1. The van der Waals surface area contributed by atoms with Gasteiger partial charge in [-0.1, -0.05) is 0 Å². The molecule has 134 valence electrons. The fraction of sp³-hybridized carbons (Fsp3) is 0.500. The summed E-state index contributed by atoms with van der Waals surface area (Å²) in [5.41, 5.74) is -1.38. The van der Waals surface area contributed by atoms with Gasteiger partial charge in [0.1, 0.15) is 6.04 Å². The summed E-state index contributed by atoms with van der Waals surface area (Å²) in [4.78, 5) is 23.2. The molecule has 1 rings (SSSR count). The van der Waals surface area contributed by atoms with Crippen molar-refractivity contribution in [2.75, 3.05) is 6.61 Å². The number of carbonyl (C=O) groups is 2. The first-order valence-electron chi connectivity index (χ1n) is 7.25. The van der Waals surface area contributed by atoms with Crippen LogP contribution in [-0.4, -0.2) is 35.2 Å². The van der Waals surface area contributed by atoms with Crippen LogP contribution >= 0.6 is 0 Å². The van der Waals surface area contributed by atoms with Crippen molar-refractivity contribution in [1.29, 1.82) is 0 Å².